The molecule has 9 heteroatoms. The number of benzene rings is 2. The van der Waals surface area contributed by atoms with E-state index in [2.05, 4.69) is 16.2 Å². The Morgan fingerprint density at radius 3 is 2.26 bits per heavy atom. The molecule has 118 valence electrons. The van der Waals surface area contributed by atoms with Gasteiger partial charge in [0.05, 0.1) is 10.6 Å². The van der Waals surface area contributed by atoms with Crippen molar-refractivity contribution in [3.63, 3.8) is 0 Å². The number of hydrogen-bond donors (Lipinski definition) is 3. The average Bonchev–Trinajstić information content (AvgIpc) is 2.54. The Morgan fingerprint density at radius 1 is 1.09 bits per heavy atom. The van der Waals surface area contributed by atoms with Crippen LogP contribution in [0.2, 0.25) is 5.02 Å². The molecule has 0 unspecified atom stereocenters. The first-order valence-corrected chi connectivity index (χ1v) is 7.11. The molecular formula is C14H11ClN4O3S. The van der Waals surface area contributed by atoms with Crippen molar-refractivity contribution in [1.29, 1.82) is 0 Å². The van der Waals surface area contributed by atoms with Gasteiger partial charge in [-0.25, -0.2) is 0 Å². The second kappa shape index (κ2) is 7.52. The van der Waals surface area contributed by atoms with Crippen LogP contribution in [0, 0.1) is 10.1 Å². The van der Waals surface area contributed by atoms with Crippen molar-refractivity contribution in [1.82, 2.24) is 10.7 Å². The van der Waals surface area contributed by atoms with E-state index in [-0.39, 0.29) is 16.7 Å². The normalized spacial score (nSPS) is 9.78. The van der Waals surface area contributed by atoms with Crippen molar-refractivity contribution in [3.05, 3.63) is 69.2 Å². The highest BCUT2D eigenvalue weighted by Crippen LogP contribution is 2.14. The number of nitrogens with one attached hydrogen (secondary N) is 3. The first-order valence-electron chi connectivity index (χ1n) is 6.33. The van der Waals surface area contributed by atoms with E-state index in [0.29, 0.717) is 16.3 Å². The first-order chi connectivity index (χ1) is 11.0. The zero-order chi connectivity index (χ0) is 16.8. The molecule has 0 aromatic heterocycles. The number of rotatable bonds is 4. The van der Waals surface area contributed by atoms with Crippen LogP contribution in [-0.2, 0) is 0 Å². The lowest BCUT2D eigenvalue weighted by Gasteiger charge is -2.11. The van der Waals surface area contributed by atoms with Crippen molar-refractivity contribution in [2.75, 3.05) is 5.43 Å². The van der Waals surface area contributed by atoms with E-state index in [1.165, 1.54) is 24.3 Å². The van der Waals surface area contributed by atoms with Gasteiger partial charge in [0.1, 0.15) is 0 Å². The molecule has 0 fully saturated rings. The molecule has 0 saturated heterocycles. The molecule has 7 nitrogen and oxygen atoms in total. The van der Waals surface area contributed by atoms with Crippen LogP contribution in [0.5, 0.6) is 0 Å². The van der Waals surface area contributed by atoms with Gasteiger partial charge in [-0.1, -0.05) is 11.6 Å². The third-order valence-corrected chi connectivity index (χ3v) is 3.19. The van der Waals surface area contributed by atoms with Crippen molar-refractivity contribution in [2.24, 2.45) is 0 Å². The van der Waals surface area contributed by atoms with Crippen LogP contribution in [0.1, 0.15) is 10.4 Å². The summed E-state index contributed by atoms with van der Waals surface area (Å²) in [6.07, 6.45) is 0. The molecule has 3 N–H and O–H groups in total. The number of halogens is 1. The quantitative estimate of drug-likeness (QED) is 0.446. The number of nitrogens with zero attached hydrogens (tertiary/aromatic N) is 1. The summed E-state index contributed by atoms with van der Waals surface area (Å²) >= 11 is 10.7. The molecule has 2 aromatic rings. The Balaban J connectivity index is 1.86. The van der Waals surface area contributed by atoms with E-state index in [4.69, 9.17) is 23.8 Å². The summed E-state index contributed by atoms with van der Waals surface area (Å²) in [6.45, 7) is 0. The van der Waals surface area contributed by atoms with Gasteiger partial charge in [0, 0.05) is 22.7 Å². The van der Waals surface area contributed by atoms with E-state index in [0.717, 1.165) is 0 Å². The molecule has 0 heterocycles. The van der Waals surface area contributed by atoms with Crippen molar-refractivity contribution >= 4 is 46.2 Å². The van der Waals surface area contributed by atoms with E-state index in [9.17, 15) is 14.9 Å². The number of anilines is 1. The number of carbonyl (C=O) groups is 1. The minimum Gasteiger partial charge on any atom is -0.299 e. The summed E-state index contributed by atoms with van der Waals surface area (Å²) in [7, 11) is 0. The fourth-order valence-corrected chi connectivity index (χ4v) is 1.87. The number of hydrogen-bond acceptors (Lipinski definition) is 5. The van der Waals surface area contributed by atoms with E-state index < -0.39 is 4.92 Å². The zero-order valence-corrected chi connectivity index (χ0v) is 13.1. The molecule has 23 heavy (non-hydrogen) atoms. The van der Waals surface area contributed by atoms with Crippen molar-refractivity contribution < 1.29 is 9.72 Å². The highest BCUT2D eigenvalue weighted by atomic mass is 35.5. The molecule has 2 rings (SSSR count). The molecule has 0 aliphatic rings. The molecule has 0 radical (unpaired) electrons. The SMILES string of the molecule is O=C(NC(=S)NNc1ccc([N+](=O)[O-])cc1)c1ccc(Cl)cc1. The Bertz CT molecular complexity index is 735. The maximum atomic E-state index is 11.9. The second-order valence-electron chi connectivity index (χ2n) is 4.34. The monoisotopic (exact) mass is 350 g/mol. The van der Waals surface area contributed by atoms with Gasteiger partial charge in [0.2, 0.25) is 0 Å². The topological polar surface area (TPSA) is 96.3 Å². The van der Waals surface area contributed by atoms with Crippen molar-refractivity contribution in [2.45, 2.75) is 0 Å². The Hall–Kier alpha value is -2.71. The Labute approximate surface area is 141 Å². The highest BCUT2D eigenvalue weighted by Gasteiger charge is 2.08. The van der Waals surface area contributed by atoms with Crippen LogP contribution in [0.4, 0.5) is 11.4 Å². The van der Waals surface area contributed by atoms with Gasteiger partial charge in [-0.05, 0) is 48.6 Å². The van der Waals surface area contributed by atoms with Gasteiger partial charge in [0.15, 0.2) is 5.11 Å². The summed E-state index contributed by atoms with van der Waals surface area (Å²) in [5, 5.41) is 13.6. The van der Waals surface area contributed by atoms with Crippen LogP contribution >= 0.6 is 23.8 Å². The molecule has 0 bridgehead atoms. The van der Waals surface area contributed by atoms with Crippen LogP contribution in [-0.4, -0.2) is 15.9 Å². The molecule has 0 spiro atoms. The third-order valence-electron chi connectivity index (χ3n) is 2.73. The van der Waals surface area contributed by atoms with E-state index in [1.54, 1.807) is 24.3 Å². The smallest absolute Gasteiger partial charge is 0.269 e. The molecule has 0 atom stereocenters. The van der Waals surface area contributed by atoms with Crippen molar-refractivity contribution in [3.8, 4) is 0 Å². The zero-order valence-electron chi connectivity index (χ0n) is 11.6. The lowest BCUT2D eigenvalue weighted by molar-refractivity contribution is -0.384. The summed E-state index contributed by atoms with van der Waals surface area (Å²) in [5.41, 5.74) is 6.29. The molecule has 0 aliphatic carbocycles. The number of nitro benzene ring substituents is 1. The minimum absolute atomic E-state index is 0.0193. The molecule has 1 amide bonds. The fourth-order valence-electron chi connectivity index (χ4n) is 1.60. The van der Waals surface area contributed by atoms with Gasteiger partial charge >= 0.3 is 0 Å². The number of hydrazine groups is 1. The number of thiocarbonyl (C=S) groups is 1. The van der Waals surface area contributed by atoms with Crippen LogP contribution in [0.15, 0.2) is 48.5 Å². The van der Waals surface area contributed by atoms with Gasteiger partial charge in [-0.15, -0.1) is 0 Å². The average molecular weight is 351 g/mol. The van der Waals surface area contributed by atoms with Gasteiger partial charge in [-0.2, -0.15) is 0 Å². The molecule has 0 aliphatic heterocycles. The van der Waals surface area contributed by atoms with E-state index >= 15 is 0 Å². The van der Waals surface area contributed by atoms with Crippen LogP contribution in [0.3, 0.4) is 0 Å². The summed E-state index contributed by atoms with van der Waals surface area (Å²) in [6, 6.07) is 12.1. The number of carbonyl (C=O) groups excluding carboxylic acids is 1. The highest BCUT2D eigenvalue weighted by molar-refractivity contribution is 7.80. The number of non-ortho nitro benzene ring substituents is 1. The predicted molar refractivity (Wildman–Crippen MR) is 91.4 cm³/mol. The van der Waals surface area contributed by atoms with E-state index in [1.807, 2.05) is 0 Å². The van der Waals surface area contributed by atoms with Gasteiger partial charge < -0.3 is 0 Å². The standard InChI is InChI=1S/C14H11ClN4O3S/c15-10-3-1-9(2-4-10)13(20)16-14(23)18-17-11-5-7-12(8-6-11)19(21)22/h1-8,17H,(H2,16,18,20,23). The lowest BCUT2D eigenvalue weighted by Crippen LogP contribution is -2.41. The largest absolute Gasteiger partial charge is 0.299 e. The Kier molecular flexibility index (Phi) is 5.45. The maximum absolute atomic E-state index is 11.9. The molecular weight excluding hydrogens is 340 g/mol. The minimum atomic E-state index is -0.492. The third kappa shape index (κ3) is 4.90. The second-order valence-corrected chi connectivity index (χ2v) is 5.19. The maximum Gasteiger partial charge on any atom is 0.269 e. The van der Waals surface area contributed by atoms with Crippen LogP contribution in [0.25, 0.3) is 0 Å². The summed E-state index contributed by atoms with van der Waals surface area (Å²) < 4.78 is 0. The van der Waals surface area contributed by atoms with Gasteiger partial charge in [0.25, 0.3) is 11.6 Å². The Morgan fingerprint density at radius 2 is 1.70 bits per heavy atom. The molecule has 0 saturated carbocycles. The number of nitro groups is 1. The van der Waals surface area contributed by atoms with Crippen LogP contribution < -0.4 is 16.2 Å². The number of amides is 1. The predicted octanol–water partition coefficient (Wildman–Crippen LogP) is 2.88. The lowest BCUT2D eigenvalue weighted by atomic mass is 10.2. The summed E-state index contributed by atoms with van der Waals surface area (Å²) in [4.78, 5) is 22.0. The fraction of sp³-hybridized carbons (Fsp3) is 0. The first kappa shape index (κ1) is 16.7. The van der Waals surface area contributed by atoms with Gasteiger partial charge in [-0.3, -0.25) is 31.1 Å². The summed E-state index contributed by atoms with van der Waals surface area (Å²) in [5.74, 6) is -0.385. The molecule has 2 aromatic carbocycles.